The van der Waals surface area contributed by atoms with Crippen molar-refractivity contribution in [3.05, 3.63) is 59.9 Å². The Morgan fingerprint density at radius 1 is 1.30 bits per heavy atom. The maximum absolute atomic E-state index is 12.8. The van der Waals surface area contributed by atoms with Crippen LogP contribution < -0.4 is 0 Å². The number of hydrogen-bond donors (Lipinski definition) is 1. The summed E-state index contributed by atoms with van der Waals surface area (Å²) in [5.74, 6) is -0.00922. The summed E-state index contributed by atoms with van der Waals surface area (Å²) < 4.78 is 5.68. The first kappa shape index (κ1) is 15.5. The lowest BCUT2D eigenvalue weighted by Gasteiger charge is -2.25. The van der Waals surface area contributed by atoms with Crippen molar-refractivity contribution in [1.29, 1.82) is 0 Å². The standard InChI is InChI=1S/C18H20N2O3/c21-16-4-1-3-15(11-16)18(22)20(13-17-5-2-10-23-17)12-14-6-8-19-9-7-14/h1,3-4,6-9,11,17,21H,2,5,10,12-13H2/t17-/m1/s1. The molecule has 0 bridgehead atoms. The number of pyridine rings is 1. The largest absolute Gasteiger partial charge is 0.508 e. The van der Waals surface area contributed by atoms with Gasteiger partial charge < -0.3 is 14.7 Å². The quantitative estimate of drug-likeness (QED) is 0.922. The third-order valence-corrected chi connectivity index (χ3v) is 3.95. The summed E-state index contributed by atoms with van der Waals surface area (Å²) >= 11 is 0. The number of rotatable bonds is 5. The molecule has 120 valence electrons. The van der Waals surface area contributed by atoms with E-state index in [0.29, 0.717) is 18.7 Å². The average Bonchev–Trinajstić information content (AvgIpc) is 3.08. The molecule has 1 aliphatic heterocycles. The number of ether oxygens (including phenoxy) is 1. The zero-order chi connectivity index (χ0) is 16.1. The fraction of sp³-hybridized carbons (Fsp3) is 0.333. The van der Waals surface area contributed by atoms with Crippen LogP contribution in [0.5, 0.6) is 5.75 Å². The number of aromatic nitrogens is 1. The summed E-state index contributed by atoms with van der Waals surface area (Å²) in [6.45, 7) is 1.81. The maximum atomic E-state index is 12.8. The number of carbonyl (C=O) groups excluding carboxylic acids is 1. The van der Waals surface area contributed by atoms with Gasteiger partial charge in [0.25, 0.3) is 5.91 Å². The summed E-state index contributed by atoms with van der Waals surface area (Å²) in [6.07, 6.45) is 5.53. The van der Waals surface area contributed by atoms with Crippen molar-refractivity contribution in [2.24, 2.45) is 0 Å². The molecule has 3 rings (SSSR count). The van der Waals surface area contributed by atoms with E-state index in [-0.39, 0.29) is 17.8 Å². The fourth-order valence-corrected chi connectivity index (χ4v) is 2.78. The molecule has 0 spiro atoms. The monoisotopic (exact) mass is 312 g/mol. The Hall–Kier alpha value is -2.40. The SMILES string of the molecule is O=C(c1cccc(O)c1)N(Cc1ccncc1)C[C@H]1CCCO1. The number of carbonyl (C=O) groups is 1. The lowest BCUT2D eigenvalue weighted by molar-refractivity contribution is 0.0507. The molecular formula is C18H20N2O3. The van der Waals surface area contributed by atoms with Crippen molar-refractivity contribution in [3.8, 4) is 5.75 Å². The van der Waals surface area contributed by atoms with Crippen molar-refractivity contribution >= 4 is 5.91 Å². The topological polar surface area (TPSA) is 62.7 Å². The van der Waals surface area contributed by atoms with Gasteiger partial charge in [0.05, 0.1) is 6.10 Å². The van der Waals surface area contributed by atoms with Gasteiger partial charge in [0.15, 0.2) is 0 Å². The predicted octanol–water partition coefficient (Wildman–Crippen LogP) is 2.61. The molecule has 5 nitrogen and oxygen atoms in total. The van der Waals surface area contributed by atoms with Crippen LogP contribution in [0.15, 0.2) is 48.8 Å². The number of nitrogens with zero attached hydrogens (tertiary/aromatic N) is 2. The van der Waals surface area contributed by atoms with Crippen LogP contribution in [0.4, 0.5) is 0 Å². The third-order valence-electron chi connectivity index (χ3n) is 3.95. The summed E-state index contributed by atoms with van der Waals surface area (Å²) in [6, 6.07) is 10.3. The predicted molar refractivity (Wildman–Crippen MR) is 86.1 cm³/mol. The minimum atomic E-state index is -0.104. The molecule has 2 heterocycles. The fourth-order valence-electron chi connectivity index (χ4n) is 2.78. The molecule has 1 N–H and O–H groups in total. The van der Waals surface area contributed by atoms with Crippen LogP contribution in [0.3, 0.4) is 0 Å². The lowest BCUT2D eigenvalue weighted by Crippen LogP contribution is -2.36. The minimum absolute atomic E-state index is 0.0816. The second-order valence-corrected chi connectivity index (χ2v) is 5.73. The molecule has 1 saturated heterocycles. The van der Waals surface area contributed by atoms with E-state index in [1.54, 1.807) is 35.5 Å². The van der Waals surface area contributed by atoms with E-state index in [1.165, 1.54) is 6.07 Å². The Bertz CT molecular complexity index is 654. The van der Waals surface area contributed by atoms with Gasteiger partial charge in [-0.05, 0) is 48.7 Å². The first-order valence-electron chi connectivity index (χ1n) is 7.81. The molecule has 0 unspecified atom stereocenters. The van der Waals surface area contributed by atoms with Gasteiger partial charge in [-0.3, -0.25) is 9.78 Å². The molecule has 1 atom stereocenters. The Balaban J connectivity index is 1.79. The van der Waals surface area contributed by atoms with Gasteiger partial charge in [-0.1, -0.05) is 6.07 Å². The van der Waals surface area contributed by atoms with Crippen molar-refractivity contribution in [2.45, 2.75) is 25.5 Å². The minimum Gasteiger partial charge on any atom is -0.508 e. The van der Waals surface area contributed by atoms with Gasteiger partial charge in [-0.2, -0.15) is 0 Å². The highest BCUT2D eigenvalue weighted by Gasteiger charge is 2.23. The van der Waals surface area contributed by atoms with Crippen LogP contribution in [-0.4, -0.2) is 40.2 Å². The summed E-state index contributed by atoms with van der Waals surface area (Å²) in [5, 5.41) is 9.61. The van der Waals surface area contributed by atoms with Gasteiger partial charge in [-0.25, -0.2) is 0 Å². The Morgan fingerprint density at radius 3 is 2.83 bits per heavy atom. The number of phenolic OH excluding ortho intramolecular Hbond substituents is 1. The maximum Gasteiger partial charge on any atom is 0.254 e. The van der Waals surface area contributed by atoms with E-state index in [2.05, 4.69) is 4.98 Å². The highest BCUT2D eigenvalue weighted by molar-refractivity contribution is 5.94. The molecule has 1 aliphatic rings. The normalized spacial score (nSPS) is 17.1. The highest BCUT2D eigenvalue weighted by Crippen LogP contribution is 2.19. The van der Waals surface area contributed by atoms with Crippen LogP contribution in [0.25, 0.3) is 0 Å². The molecule has 0 radical (unpaired) electrons. The van der Waals surface area contributed by atoms with E-state index in [1.807, 2.05) is 12.1 Å². The van der Waals surface area contributed by atoms with Gasteiger partial charge in [0.2, 0.25) is 0 Å². The van der Waals surface area contributed by atoms with Gasteiger partial charge in [-0.15, -0.1) is 0 Å². The third kappa shape index (κ3) is 4.07. The molecule has 1 aromatic carbocycles. The van der Waals surface area contributed by atoms with Gasteiger partial charge in [0, 0.05) is 37.7 Å². The Labute approximate surface area is 135 Å². The molecule has 1 aromatic heterocycles. The summed E-state index contributed by atoms with van der Waals surface area (Å²) in [7, 11) is 0. The molecule has 0 aliphatic carbocycles. The Kier molecular flexibility index (Phi) is 4.88. The average molecular weight is 312 g/mol. The van der Waals surface area contributed by atoms with E-state index < -0.39 is 0 Å². The van der Waals surface area contributed by atoms with E-state index >= 15 is 0 Å². The molecule has 23 heavy (non-hydrogen) atoms. The van der Waals surface area contributed by atoms with Crippen LogP contribution in [0.1, 0.15) is 28.8 Å². The number of phenols is 1. The number of hydrogen-bond acceptors (Lipinski definition) is 4. The number of amides is 1. The van der Waals surface area contributed by atoms with Crippen LogP contribution in [-0.2, 0) is 11.3 Å². The van der Waals surface area contributed by atoms with Crippen LogP contribution in [0, 0.1) is 0 Å². The van der Waals surface area contributed by atoms with Crippen molar-refractivity contribution in [1.82, 2.24) is 9.88 Å². The molecular weight excluding hydrogens is 292 g/mol. The van der Waals surface area contributed by atoms with Crippen molar-refractivity contribution in [3.63, 3.8) is 0 Å². The van der Waals surface area contributed by atoms with Gasteiger partial charge >= 0.3 is 0 Å². The zero-order valence-electron chi connectivity index (χ0n) is 12.9. The van der Waals surface area contributed by atoms with Gasteiger partial charge in [0.1, 0.15) is 5.75 Å². The van der Waals surface area contributed by atoms with E-state index in [4.69, 9.17) is 4.74 Å². The molecule has 5 heteroatoms. The van der Waals surface area contributed by atoms with E-state index in [9.17, 15) is 9.90 Å². The molecule has 1 amide bonds. The zero-order valence-corrected chi connectivity index (χ0v) is 12.9. The first-order valence-corrected chi connectivity index (χ1v) is 7.81. The second-order valence-electron chi connectivity index (χ2n) is 5.73. The highest BCUT2D eigenvalue weighted by atomic mass is 16.5. The molecule has 0 saturated carbocycles. The van der Waals surface area contributed by atoms with Crippen LogP contribution >= 0.6 is 0 Å². The lowest BCUT2D eigenvalue weighted by atomic mass is 10.1. The first-order chi connectivity index (χ1) is 11.2. The second kappa shape index (κ2) is 7.24. The molecule has 1 fully saturated rings. The van der Waals surface area contributed by atoms with Crippen LogP contribution in [0.2, 0.25) is 0 Å². The van der Waals surface area contributed by atoms with Crippen molar-refractivity contribution in [2.75, 3.05) is 13.2 Å². The smallest absolute Gasteiger partial charge is 0.254 e. The summed E-state index contributed by atoms with van der Waals surface area (Å²) in [4.78, 5) is 18.6. The van der Waals surface area contributed by atoms with E-state index in [0.717, 1.165) is 25.0 Å². The number of benzene rings is 1. The number of aromatic hydroxyl groups is 1. The van der Waals surface area contributed by atoms with Crippen molar-refractivity contribution < 1.29 is 14.6 Å². The molecule has 2 aromatic rings. The summed E-state index contributed by atoms with van der Waals surface area (Å²) in [5.41, 5.74) is 1.50. The Morgan fingerprint density at radius 2 is 2.13 bits per heavy atom.